The Hall–Kier alpha value is -3.93. The Bertz CT molecular complexity index is 1170. The van der Waals surface area contributed by atoms with Crippen LogP contribution in [0.1, 0.15) is 51.1 Å². The van der Waals surface area contributed by atoms with Crippen molar-refractivity contribution in [2.45, 2.75) is 32.7 Å². The van der Waals surface area contributed by atoms with E-state index in [-0.39, 0.29) is 17.7 Å². The van der Waals surface area contributed by atoms with E-state index in [4.69, 9.17) is 0 Å². The molecule has 0 bridgehead atoms. The van der Waals surface area contributed by atoms with Crippen LogP contribution in [0.2, 0.25) is 0 Å². The van der Waals surface area contributed by atoms with Gasteiger partial charge in [-0.3, -0.25) is 14.4 Å². The van der Waals surface area contributed by atoms with E-state index in [9.17, 15) is 14.4 Å². The standard InChI is InChI=1S/C27H27N3O3/c1-19-13-14-22(17-24(19)29-26(32)21-9-3-2-4-10-21)27(33)28-23-11-7-8-20(16-23)18-30-15-6-5-12-25(30)31/h2-4,7-11,13-14,16-17H,5-6,12,15,18H2,1H3,(H,28,33)(H,29,32). The number of nitrogens with one attached hydrogen (secondary N) is 2. The first-order chi connectivity index (χ1) is 16.0. The SMILES string of the molecule is Cc1ccc(C(=O)Nc2cccc(CN3CCCCC3=O)c2)cc1NC(=O)c1ccccc1. The summed E-state index contributed by atoms with van der Waals surface area (Å²) in [5.41, 5.74) is 4.09. The summed E-state index contributed by atoms with van der Waals surface area (Å²) < 4.78 is 0. The minimum atomic E-state index is -0.267. The van der Waals surface area contributed by atoms with Crippen molar-refractivity contribution >= 4 is 29.1 Å². The van der Waals surface area contributed by atoms with E-state index >= 15 is 0 Å². The van der Waals surface area contributed by atoms with Crippen LogP contribution in [0.4, 0.5) is 11.4 Å². The summed E-state index contributed by atoms with van der Waals surface area (Å²) in [5.74, 6) is -0.312. The molecule has 0 saturated carbocycles. The Morgan fingerprint density at radius 1 is 0.848 bits per heavy atom. The van der Waals surface area contributed by atoms with E-state index in [1.165, 1.54) is 0 Å². The van der Waals surface area contributed by atoms with Gasteiger partial charge < -0.3 is 15.5 Å². The molecule has 0 aromatic heterocycles. The fraction of sp³-hybridized carbons (Fsp3) is 0.222. The highest BCUT2D eigenvalue weighted by Crippen LogP contribution is 2.21. The largest absolute Gasteiger partial charge is 0.338 e. The molecule has 1 saturated heterocycles. The van der Waals surface area contributed by atoms with E-state index in [0.717, 1.165) is 30.5 Å². The number of likely N-dealkylation sites (tertiary alicyclic amines) is 1. The zero-order valence-electron chi connectivity index (χ0n) is 18.6. The molecule has 1 aliphatic heterocycles. The van der Waals surface area contributed by atoms with Crippen LogP contribution in [0, 0.1) is 6.92 Å². The lowest BCUT2D eigenvalue weighted by Gasteiger charge is -2.26. The normalized spacial score (nSPS) is 13.5. The summed E-state index contributed by atoms with van der Waals surface area (Å²) in [5, 5.41) is 5.81. The number of hydrogen-bond donors (Lipinski definition) is 2. The second-order valence-corrected chi connectivity index (χ2v) is 8.28. The number of hydrogen-bond acceptors (Lipinski definition) is 3. The summed E-state index contributed by atoms with van der Waals surface area (Å²) in [4.78, 5) is 39.4. The molecule has 0 atom stereocenters. The second kappa shape index (κ2) is 10.1. The van der Waals surface area contributed by atoms with E-state index < -0.39 is 0 Å². The van der Waals surface area contributed by atoms with Crippen LogP contribution in [0.5, 0.6) is 0 Å². The summed E-state index contributed by atoms with van der Waals surface area (Å²) in [7, 11) is 0. The summed E-state index contributed by atoms with van der Waals surface area (Å²) >= 11 is 0. The minimum Gasteiger partial charge on any atom is -0.338 e. The predicted octanol–water partition coefficient (Wildman–Crippen LogP) is 5.01. The van der Waals surface area contributed by atoms with Gasteiger partial charge in [0.15, 0.2) is 0 Å². The van der Waals surface area contributed by atoms with Gasteiger partial charge in [0.25, 0.3) is 11.8 Å². The quantitative estimate of drug-likeness (QED) is 0.564. The third kappa shape index (κ3) is 5.66. The smallest absolute Gasteiger partial charge is 0.255 e. The van der Waals surface area contributed by atoms with Gasteiger partial charge in [0.1, 0.15) is 0 Å². The molecule has 3 amide bonds. The molecule has 1 heterocycles. The molecule has 1 aliphatic rings. The van der Waals surface area contributed by atoms with Crippen LogP contribution in [0.3, 0.4) is 0 Å². The summed E-state index contributed by atoms with van der Waals surface area (Å²) in [6.45, 7) is 3.20. The van der Waals surface area contributed by atoms with Gasteiger partial charge in [0.2, 0.25) is 5.91 Å². The van der Waals surface area contributed by atoms with Gasteiger partial charge in [-0.15, -0.1) is 0 Å². The average molecular weight is 442 g/mol. The maximum atomic E-state index is 12.9. The molecule has 168 valence electrons. The highest BCUT2D eigenvalue weighted by atomic mass is 16.2. The number of rotatable bonds is 6. The van der Waals surface area contributed by atoms with Crippen LogP contribution < -0.4 is 10.6 Å². The predicted molar refractivity (Wildman–Crippen MR) is 129 cm³/mol. The van der Waals surface area contributed by atoms with Crippen molar-refractivity contribution < 1.29 is 14.4 Å². The molecule has 6 nitrogen and oxygen atoms in total. The molecule has 3 aromatic rings. The molecule has 0 aliphatic carbocycles. The molecule has 1 fully saturated rings. The Morgan fingerprint density at radius 3 is 2.42 bits per heavy atom. The zero-order chi connectivity index (χ0) is 23.2. The van der Waals surface area contributed by atoms with Crippen LogP contribution in [-0.4, -0.2) is 29.2 Å². The first-order valence-electron chi connectivity index (χ1n) is 11.1. The van der Waals surface area contributed by atoms with E-state index in [1.54, 1.807) is 36.4 Å². The number of anilines is 2. The van der Waals surface area contributed by atoms with Crippen LogP contribution in [0.15, 0.2) is 72.8 Å². The number of amides is 3. The van der Waals surface area contributed by atoms with Crippen molar-refractivity contribution in [3.63, 3.8) is 0 Å². The molecule has 2 N–H and O–H groups in total. The van der Waals surface area contributed by atoms with Crippen molar-refractivity contribution in [1.29, 1.82) is 0 Å². The second-order valence-electron chi connectivity index (χ2n) is 8.28. The van der Waals surface area contributed by atoms with Crippen LogP contribution in [0.25, 0.3) is 0 Å². The summed E-state index contributed by atoms with van der Waals surface area (Å²) in [6.07, 6.45) is 2.58. The van der Waals surface area contributed by atoms with Gasteiger partial charge in [-0.2, -0.15) is 0 Å². The highest BCUT2D eigenvalue weighted by Gasteiger charge is 2.18. The van der Waals surface area contributed by atoms with Crippen molar-refractivity contribution in [1.82, 2.24) is 4.90 Å². The number of piperidine rings is 1. The molecule has 33 heavy (non-hydrogen) atoms. The Morgan fingerprint density at radius 2 is 1.64 bits per heavy atom. The van der Waals surface area contributed by atoms with E-state index in [0.29, 0.717) is 35.5 Å². The lowest BCUT2D eigenvalue weighted by atomic mass is 10.1. The number of aryl methyl sites for hydroxylation is 1. The van der Waals surface area contributed by atoms with Gasteiger partial charge in [0.05, 0.1) is 0 Å². The van der Waals surface area contributed by atoms with Gasteiger partial charge in [0, 0.05) is 42.0 Å². The fourth-order valence-corrected chi connectivity index (χ4v) is 3.88. The monoisotopic (exact) mass is 441 g/mol. The Kier molecular flexibility index (Phi) is 6.83. The number of nitrogens with zero attached hydrogens (tertiary/aromatic N) is 1. The zero-order valence-corrected chi connectivity index (χ0v) is 18.6. The van der Waals surface area contributed by atoms with Gasteiger partial charge >= 0.3 is 0 Å². The van der Waals surface area contributed by atoms with Gasteiger partial charge in [-0.05, 0) is 67.3 Å². The molecule has 0 unspecified atom stereocenters. The van der Waals surface area contributed by atoms with Crippen LogP contribution in [-0.2, 0) is 11.3 Å². The van der Waals surface area contributed by atoms with E-state index in [1.807, 2.05) is 48.2 Å². The number of carbonyl (C=O) groups excluding carboxylic acids is 3. The lowest BCUT2D eigenvalue weighted by molar-refractivity contribution is -0.133. The minimum absolute atomic E-state index is 0.181. The first kappa shape index (κ1) is 22.3. The number of carbonyl (C=O) groups is 3. The molecular formula is C27H27N3O3. The maximum Gasteiger partial charge on any atom is 0.255 e. The van der Waals surface area contributed by atoms with Gasteiger partial charge in [-0.1, -0.05) is 36.4 Å². The van der Waals surface area contributed by atoms with Crippen molar-refractivity contribution in [3.05, 3.63) is 95.1 Å². The summed E-state index contributed by atoms with van der Waals surface area (Å²) in [6, 6.07) is 21.7. The highest BCUT2D eigenvalue weighted by molar-refractivity contribution is 6.07. The topological polar surface area (TPSA) is 78.5 Å². The lowest BCUT2D eigenvalue weighted by Crippen LogP contribution is -2.34. The molecule has 0 radical (unpaired) electrons. The van der Waals surface area contributed by atoms with E-state index in [2.05, 4.69) is 10.6 Å². The molecular weight excluding hydrogens is 414 g/mol. The Balaban J connectivity index is 1.45. The van der Waals surface area contributed by atoms with Crippen molar-refractivity contribution in [2.24, 2.45) is 0 Å². The third-order valence-electron chi connectivity index (χ3n) is 5.76. The Labute approximate surface area is 193 Å². The van der Waals surface area contributed by atoms with Crippen molar-refractivity contribution in [3.8, 4) is 0 Å². The van der Waals surface area contributed by atoms with Crippen LogP contribution >= 0.6 is 0 Å². The molecule has 3 aromatic carbocycles. The third-order valence-corrected chi connectivity index (χ3v) is 5.76. The molecule has 6 heteroatoms. The molecule has 0 spiro atoms. The molecule has 4 rings (SSSR count). The van der Waals surface area contributed by atoms with Gasteiger partial charge in [-0.25, -0.2) is 0 Å². The number of benzene rings is 3. The maximum absolute atomic E-state index is 12.9. The van der Waals surface area contributed by atoms with Crippen molar-refractivity contribution in [2.75, 3.05) is 17.2 Å². The average Bonchev–Trinajstić information content (AvgIpc) is 2.82. The first-order valence-corrected chi connectivity index (χ1v) is 11.1. The fourth-order valence-electron chi connectivity index (χ4n) is 3.88.